The second-order valence-electron chi connectivity index (χ2n) is 4.45. The largest absolute Gasteiger partial charge is 0.343 e. The zero-order chi connectivity index (χ0) is 12.4. The van der Waals surface area contributed by atoms with Crippen molar-refractivity contribution in [2.24, 2.45) is 5.92 Å². The van der Waals surface area contributed by atoms with Crippen molar-refractivity contribution < 1.29 is 9.59 Å². The molecule has 1 unspecified atom stereocenters. The van der Waals surface area contributed by atoms with E-state index in [1.807, 2.05) is 13.8 Å². The Hall–Kier alpha value is -1.43. The van der Waals surface area contributed by atoms with Gasteiger partial charge in [0, 0.05) is 11.1 Å². The molecule has 0 bridgehead atoms. The molecular formula is C11H15N3O2S. The molecule has 17 heavy (non-hydrogen) atoms. The summed E-state index contributed by atoms with van der Waals surface area (Å²) >= 11 is 1.49. The number of piperazine rings is 1. The number of carbonyl (C=O) groups is 2. The first kappa shape index (κ1) is 12.0. The van der Waals surface area contributed by atoms with Gasteiger partial charge in [0.05, 0.1) is 18.6 Å². The Labute approximate surface area is 104 Å². The summed E-state index contributed by atoms with van der Waals surface area (Å²) < 4.78 is 0. The quantitative estimate of drug-likeness (QED) is 0.859. The molecule has 5 nitrogen and oxygen atoms in total. The lowest BCUT2D eigenvalue weighted by molar-refractivity contribution is -0.146. The third-order valence-electron chi connectivity index (χ3n) is 2.73. The van der Waals surface area contributed by atoms with Crippen LogP contribution in [0.4, 0.5) is 0 Å². The Morgan fingerprint density at radius 1 is 1.59 bits per heavy atom. The van der Waals surface area contributed by atoms with Gasteiger partial charge in [-0.3, -0.25) is 14.6 Å². The fourth-order valence-corrected chi connectivity index (χ4v) is 2.43. The number of hydrogen-bond acceptors (Lipinski definition) is 4. The minimum Gasteiger partial charge on any atom is -0.343 e. The highest BCUT2D eigenvalue weighted by molar-refractivity contribution is 7.09. The highest BCUT2D eigenvalue weighted by Crippen LogP contribution is 2.15. The van der Waals surface area contributed by atoms with E-state index in [9.17, 15) is 9.59 Å². The summed E-state index contributed by atoms with van der Waals surface area (Å²) in [5.41, 5.74) is 1.73. The number of nitrogens with one attached hydrogen (secondary N) is 1. The van der Waals surface area contributed by atoms with E-state index in [0.717, 1.165) is 4.88 Å². The maximum absolute atomic E-state index is 12.1. The van der Waals surface area contributed by atoms with Crippen molar-refractivity contribution in [2.75, 3.05) is 6.54 Å². The number of amides is 2. The van der Waals surface area contributed by atoms with E-state index in [-0.39, 0.29) is 24.3 Å². The number of carbonyl (C=O) groups excluding carboxylic acids is 2. The van der Waals surface area contributed by atoms with Gasteiger partial charge in [-0.25, -0.2) is 0 Å². The summed E-state index contributed by atoms with van der Waals surface area (Å²) in [6.07, 6.45) is 1.73. The number of thiazole rings is 1. The molecule has 2 rings (SSSR count). The molecule has 0 aliphatic carbocycles. The van der Waals surface area contributed by atoms with E-state index in [4.69, 9.17) is 0 Å². The Morgan fingerprint density at radius 2 is 2.35 bits per heavy atom. The van der Waals surface area contributed by atoms with Gasteiger partial charge in [0.1, 0.15) is 6.04 Å². The molecule has 1 aromatic heterocycles. The maximum atomic E-state index is 12.1. The molecule has 1 fully saturated rings. The summed E-state index contributed by atoms with van der Waals surface area (Å²) in [5, 5.41) is 2.73. The molecule has 1 atom stereocenters. The van der Waals surface area contributed by atoms with Gasteiger partial charge < -0.3 is 10.2 Å². The highest BCUT2D eigenvalue weighted by Gasteiger charge is 2.34. The van der Waals surface area contributed by atoms with Gasteiger partial charge in [-0.15, -0.1) is 11.3 Å². The first-order valence-electron chi connectivity index (χ1n) is 5.53. The van der Waals surface area contributed by atoms with Crippen LogP contribution in [-0.4, -0.2) is 34.3 Å². The molecule has 2 amide bonds. The van der Waals surface area contributed by atoms with Gasteiger partial charge in [0.2, 0.25) is 11.8 Å². The van der Waals surface area contributed by atoms with E-state index in [2.05, 4.69) is 10.3 Å². The molecule has 1 saturated heterocycles. The van der Waals surface area contributed by atoms with E-state index >= 15 is 0 Å². The maximum Gasteiger partial charge on any atom is 0.246 e. The van der Waals surface area contributed by atoms with Crippen molar-refractivity contribution in [1.29, 1.82) is 0 Å². The summed E-state index contributed by atoms with van der Waals surface area (Å²) in [4.78, 5) is 30.2. The van der Waals surface area contributed by atoms with E-state index in [1.165, 1.54) is 11.3 Å². The lowest BCUT2D eigenvalue weighted by Crippen LogP contribution is -2.59. The molecule has 6 heteroatoms. The van der Waals surface area contributed by atoms with Crippen LogP contribution in [0.2, 0.25) is 0 Å². The molecule has 1 aliphatic heterocycles. The van der Waals surface area contributed by atoms with E-state index < -0.39 is 6.04 Å². The second kappa shape index (κ2) is 4.83. The molecule has 1 aromatic rings. The molecule has 0 saturated carbocycles. The van der Waals surface area contributed by atoms with Crippen LogP contribution in [0.3, 0.4) is 0 Å². The molecule has 2 heterocycles. The molecule has 1 N–H and O–H groups in total. The van der Waals surface area contributed by atoms with Crippen molar-refractivity contribution in [3.8, 4) is 0 Å². The molecular weight excluding hydrogens is 238 g/mol. The van der Waals surface area contributed by atoms with Crippen molar-refractivity contribution in [3.05, 3.63) is 16.6 Å². The summed E-state index contributed by atoms with van der Waals surface area (Å²) in [6.45, 7) is 4.47. The highest BCUT2D eigenvalue weighted by atomic mass is 32.1. The fourth-order valence-electron chi connectivity index (χ4n) is 1.82. The predicted molar refractivity (Wildman–Crippen MR) is 64.3 cm³/mol. The lowest BCUT2D eigenvalue weighted by Gasteiger charge is -2.34. The molecule has 1 aliphatic rings. The minimum atomic E-state index is -0.399. The standard InChI is InChI=1S/C11H15N3O2S/c1-7(2)10-11(16)14(5-9(15)13-10)4-8-3-12-6-17-8/h3,6-7,10H,4-5H2,1-2H3,(H,13,15). The third kappa shape index (κ3) is 2.63. The van der Waals surface area contributed by atoms with Crippen molar-refractivity contribution in [2.45, 2.75) is 26.4 Å². The number of hydrogen-bond donors (Lipinski definition) is 1. The smallest absolute Gasteiger partial charge is 0.246 e. The molecule has 0 aromatic carbocycles. The third-order valence-corrected chi connectivity index (χ3v) is 3.49. The Balaban J connectivity index is 2.10. The Morgan fingerprint density at radius 3 is 2.94 bits per heavy atom. The van der Waals surface area contributed by atoms with Crippen LogP contribution in [0.1, 0.15) is 18.7 Å². The normalized spacial score (nSPS) is 20.9. The van der Waals surface area contributed by atoms with Gasteiger partial charge in [-0.2, -0.15) is 0 Å². The van der Waals surface area contributed by atoms with Crippen LogP contribution in [0, 0.1) is 5.92 Å². The van der Waals surface area contributed by atoms with E-state index in [0.29, 0.717) is 6.54 Å². The van der Waals surface area contributed by atoms with Crippen LogP contribution >= 0.6 is 11.3 Å². The monoisotopic (exact) mass is 253 g/mol. The molecule has 0 spiro atoms. The van der Waals surface area contributed by atoms with Crippen LogP contribution < -0.4 is 5.32 Å². The Kier molecular flexibility index (Phi) is 3.42. The van der Waals surface area contributed by atoms with Crippen LogP contribution in [0.25, 0.3) is 0 Å². The average Bonchev–Trinajstić information content (AvgIpc) is 2.75. The van der Waals surface area contributed by atoms with Gasteiger partial charge in [0.25, 0.3) is 0 Å². The zero-order valence-electron chi connectivity index (χ0n) is 9.84. The summed E-state index contributed by atoms with van der Waals surface area (Å²) in [5.74, 6) is 0.0107. The van der Waals surface area contributed by atoms with E-state index in [1.54, 1.807) is 16.6 Å². The lowest BCUT2D eigenvalue weighted by atomic mass is 10.0. The first-order chi connectivity index (χ1) is 8.08. The number of nitrogens with zero attached hydrogens (tertiary/aromatic N) is 2. The Bertz CT molecular complexity index is 416. The van der Waals surface area contributed by atoms with Crippen molar-refractivity contribution in [3.63, 3.8) is 0 Å². The average molecular weight is 253 g/mol. The van der Waals surface area contributed by atoms with Gasteiger partial charge in [-0.05, 0) is 5.92 Å². The van der Waals surface area contributed by atoms with Crippen molar-refractivity contribution in [1.82, 2.24) is 15.2 Å². The second-order valence-corrected chi connectivity index (χ2v) is 5.42. The summed E-state index contributed by atoms with van der Waals surface area (Å²) in [6, 6.07) is -0.399. The van der Waals surface area contributed by atoms with Crippen molar-refractivity contribution >= 4 is 23.2 Å². The molecule has 0 radical (unpaired) electrons. The topological polar surface area (TPSA) is 62.3 Å². The van der Waals surface area contributed by atoms with Crippen LogP contribution in [-0.2, 0) is 16.1 Å². The van der Waals surface area contributed by atoms with Gasteiger partial charge in [-0.1, -0.05) is 13.8 Å². The van der Waals surface area contributed by atoms with Gasteiger partial charge in [0.15, 0.2) is 0 Å². The van der Waals surface area contributed by atoms with Crippen LogP contribution in [0.15, 0.2) is 11.7 Å². The minimum absolute atomic E-state index is 0.00648. The number of rotatable bonds is 3. The fraction of sp³-hybridized carbons (Fsp3) is 0.545. The number of aromatic nitrogens is 1. The SMILES string of the molecule is CC(C)C1NC(=O)CN(Cc2cncs2)C1=O. The van der Waals surface area contributed by atoms with Gasteiger partial charge >= 0.3 is 0 Å². The predicted octanol–water partition coefficient (Wildman–Crippen LogP) is 0.626. The molecule has 92 valence electrons. The summed E-state index contributed by atoms with van der Waals surface area (Å²) in [7, 11) is 0. The first-order valence-corrected chi connectivity index (χ1v) is 6.41. The van der Waals surface area contributed by atoms with Crippen LogP contribution in [0.5, 0.6) is 0 Å². The zero-order valence-corrected chi connectivity index (χ0v) is 10.7.